The van der Waals surface area contributed by atoms with Gasteiger partial charge in [0.1, 0.15) is 0 Å². The Morgan fingerprint density at radius 1 is 0.619 bits per heavy atom. The fraction of sp³-hybridized carbons (Fsp3) is 0.905. The number of hydrogen-bond acceptors (Lipinski definition) is 0. The Balaban J connectivity index is -0.0000000241. The zero-order valence-corrected chi connectivity index (χ0v) is 18.5. The van der Waals surface area contributed by atoms with Gasteiger partial charge in [0, 0.05) is 0 Å². The summed E-state index contributed by atoms with van der Waals surface area (Å²) in [6, 6.07) is 0. The first kappa shape index (κ1) is 42.8. The molecule has 0 nitrogen and oxygen atoms in total. The highest BCUT2D eigenvalue weighted by Crippen LogP contribution is 2.04. The summed E-state index contributed by atoms with van der Waals surface area (Å²) < 4.78 is 0. The van der Waals surface area contributed by atoms with E-state index in [4.69, 9.17) is 0 Å². The molecule has 0 heteroatoms. The molecule has 0 aromatic rings. The molecule has 0 aromatic carbocycles. The maximum Gasteiger partial charge on any atom is -0.0471 e. The largest absolute Gasteiger partial charge is 0.106 e. The van der Waals surface area contributed by atoms with Crippen LogP contribution in [-0.2, 0) is 0 Å². The van der Waals surface area contributed by atoms with Crippen molar-refractivity contribution in [3.63, 3.8) is 0 Å². The summed E-state index contributed by atoms with van der Waals surface area (Å²) in [6.07, 6.45) is 6.65. The van der Waals surface area contributed by atoms with Gasteiger partial charge in [0.25, 0.3) is 0 Å². The monoisotopic (exact) mass is 306 g/mol. The summed E-state index contributed by atoms with van der Waals surface area (Å²) in [5.74, 6) is 0.903. The molecule has 0 atom stereocenters. The fourth-order valence-electron chi connectivity index (χ4n) is 0.612. The van der Waals surface area contributed by atoms with Gasteiger partial charge in [-0.15, -0.1) is 13.2 Å². The second-order valence-electron chi connectivity index (χ2n) is 3.95. The van der Waals surface area contributed by atoms with E-state index < -0.39 is 0 Å². The summed E-state index contributed by atoms with van der Waals surface area (Å²) in [6.45, 7) is 33.3. The second-order valence-corrected chi connectivity index (χ2v) is 3.95. The Labute approximate surface area is 141 Å². The zero-order valence-electron chi connectivity index (χ0n) is 18.5. The third kappa shape index (κ3) is 444. The third-order valence-electron chi connectivity index (χ3n) is 1.14. The Morgan fingerprint density at radius 3 is 0.857 bits per heavy atom. The lowest BCUT2D eigenvalue weighted by Gasteiger charge is -1.98. The first-order chi connectivity index (χ1) is 10.1. The maximum absolute atomic E-state index is 3.00. The summed E-state index contributed by atoms with van der Waals surface area (Å²) >= 11 is 0. The van der Waals surface area contributed by atoms with Crippen LogP contribution in [0.1, 0.15) is 122 Å². The fourth-order valence-corrected chi connectivity index (χ4v) is 0.612. The lowest BCUT2D eigenvalue weighted by atomic mass is 10.1. The Morgan fingerprint density at radius 2 is 0.810 bits per heavy atom. The highest BCUT2D eigenvalue weighted by molar-refractivity contribution is 4.42. The lowest BCUT2D eigenvalue weighted by Crippen LogP contribution is -1.83. The Kier molecular flexibility index (Phi) is 236. The van der Waals surface area contributed by atoms with E-state index in [0.717, 1.165) is 5.92 Å². The minimum Gasteiger partial charge on any atom is -0.106 e. The van der Waals surface area contributed by atoms with E-state index in [0.29, 0.717) is 0 Å². The SMILES string of the molecule is C=C.CC.CC.CC.CCC.CCC.CCCCC(C)C. The number of rotatable bonds is 3. The molecule has 0 aliphatic carbocycles. The molecule has 0 rings (SSSR count). The molecule has 0 saturated carbocycles. The highest BCUT2D eigenvalue weighted by Gasteiger charge is 1.88. The van der Waals surface area contributed by atoms with E-state index in [2.05, 4.69) is 61.6 Å². The average molecular weight is 307 g/mol. The van der Waals surface area contributed by atoms with Crippen molar-refractivity contribution >= 4 is 0 Å². The standard InChI is InChI=1S/C7H16.2C3H8.3C2H6.C2H4/c1-4-5-6-7(2)3;2*1-3-2;4*1-2/h7H,4-6H2,1-3H3;2*3H2,1-2H3;3*1-2H3;1-2H2. The molecule has 0 amide bonds. The molecular formula is C21H54. The highest BCUT2D eigenvalue weighted by atomic mass is 13.9. The number of unbranched alkanes of at least 4 members (excludes halogenated alkanes) is 1. The van der Waals surface area contributed by atoms with Crippen molar-refractivity contribution < 1.29 is 0 Å². The molecule has 0 heterocycles. The predicted octanol–water partition coefficient (Wildman–Crippen LogP) is 9.55. The van der Waals surface area contributed by atoms with Crippen LogP contribution in [-0.4, -0.2) is 0 Å². The predicted molar refractivity (Wildman–Crippen MR) is 112 cm³/mol. The van der Waals surface area contributed by atoms with Gasteiger partial charge >= 0.3 is 0 Å². The van der Waals surface area contributed by atoms with Crippen LogP contribution in [0.15, 0.2) is 13.2 Å². The molecule has 0 radical (unpaired) electrons. The summed E-state index contributed by atoms with van der Waals surface area (Å²) in [5.41, 5.74) is 0. The van der Waals surface area contributed by atoms with E-state index in [9.17, 15) is 0 Å². The van der Waals surface area contributed by atoms with Crippen molar-refractivity contribution in [2.45, 2.75) is 122 Å². The van der Waals surface area contributed by atoms with E-state index in [1.807, 2.05) is 41.5 Å². The second kappa shape index (κ2) is 116. The van der Waals surface area contributed by atoms with Gasteiger partial charge in [-0.25, -0.2) is 0 Å². The minimum absolute atomic E-state index is 0.903. The van der Waals surface area contributed by atoms with Crippen LogP contribution in [0.4, 0.5) is 0 Å². The van der Waals surface area contributed by atoms with Gasteiger partial charge in [-0.2, -0.15) is 0 Å². The van der Waals surface area contributed by atoms with Gasteiger partial charge in [0.15, 0.2) is 0 Å². The van der Waals surface area contributed by atoms with Crippen LogP contribution in [0.3, 0.4) is 0 Å². The first-order valence-corrected chi connectivity index (χ1v) is 9.60. The molecule has 21 heavy (non-hydrogen) atoms. The summed E-state index contributed by atoms with van der Waals surface area (Å²) in [4.78, 5) is 0. The van der Waals surface area contributed by atoms with Crippen LogP contribution in [0.5, 0.6) is 0 Å². The number of hydrogen-bond donors (Lipinski definition) is 0. The van der Waals surface area contributed by atoms with E-state index >= 15 is 0 Å². The van der Waals surface area contributed by atoms with Gasteiger partial charge < -0.3 is 0 Å². The van der Waals surface area contributed by atoms with Crippen molar-refractivity contribution in [3.05, 3.63) is 13.2 Å². The smallest absolute Gasteiger partial charge is 0.0471 e. The van der Waals surface area contributed by atoms with Gasteiger partial charge in [0.2, 0.25) is 0 Å². The normalized spacial score (nSPS) is 6.19. The molecule has 138 valence electrons. The molecule has 0 spiro atoms. The van der Waals surface area contributed by atoms with Crippen molar-refractivity contribution in [2.24, 2.45) is 5.92 Å². The minimum atomic E-state index is 0.903. The van der Waals surface area contributed by atoms with Crippen molar-refractivity contribution in [1.29, 1.82) is 0 Å². The van der Waals surface area contributed by atoms with Crippen molar-refractivity contribution in [2.75, 3.05) is 0 Å². The van der Waals surface area contributed by atoms with Crippen LogP contribution in [0.25, 0.3) is 0 Å². The molecule has 0 fully saturated rings. The maximum atomic E-state index is 3.00. The quantitative estimate of drug-likeness (QED) is 0.455. The van der Waals surface area contributed by atoms with Gasteiger partial charge in [0.05, 0.1) is 0 Å². The molecule has 0 saturated heterocycles. The van der Waals surface area contributed by atoms with Crippen molar-refractivity contribution in [1.82, 2.24) is 0 Å². The lowest BCUT2D eigenvalue weighted by molar-refractivity contribution is 0.550. The third-order valence-corrected chi connectivity index (χ3v) is 1.14. The first-order valence-electron chi connectivity index (χ1n) is 9.60. The zero-order chi connectivity index (χ0) is 19.1. The molecule has 0 aliphatic heterocycles. The van der Waals surface area contributed by atoms with Crippen LogP contribution < -0.4 is 0 Å². The van der Waals surface area contributed by atoms with E-state index in [1.165, 1.54) is 32.1 Å². The van der Waals surface area contributed by atoms with Crippen LogP contribution >= 0.6 is 0 Å². The molecule has 0 unspecified atom stereocenters. The molecule has 0 aromatic heterocycles. The average Bonchev–Trinajstić information content (AvgIpc) is 2.54. The van der Waals surface area contributed by atoms with Crippen LogP contribution in [0, 0.1) is 5.92 Å². The molecule has 0 aliphatic rings. The van der Waals surface area contributed by atoms with Gasteiger partial charge in [-0.3, -0.25) is 0 Å². The Bertz CT molecular complexity index is 53.1. The van der Waals surface area contributed by atoms with Crippen LogP contribution in [0.2, 0.25) is 0 Å². The molecular weight excluding hydrogens is 252 g/mol. The molecule has 0 bridgehead atoms. The van der Waals surface area contributed by atoms with E-state index in [1.54, 1.807) is 0 Å². The van der Waals surface area contributed by atoms with E-state index in [-0.39, 0.29) is 0 Å². The summed E-state index contributed by atoms with van der Waals surface area (Å²) in [7, 11) is 0. The topological polar surface area (TPSA) is 0 Å². The van der Waals surface area contributed by atoms with Gasteiger partial charge in [-0.05, 0) is 5.92 Å². The van der Waals surface area contributed by atoms with Gasteiger partial charge in [-0.1, -0.05) is 122 Å². The summed E-state index contributed by atoms with van der Waals surface area (Å²) in [5, 5.41) is 0. The Hall–Kier alpha value is -0.260. The molecule has 0 N–H and O–H groups in total. The van der Waals surface area contributed by atoms with Crippen molar-refractivity contribution in [3.8, 4) is 0 Å².